The smallest absolute Gasteiger partial charge is 0.225 e. The van der Waals surface area contributed by atoms with Gasteiger partial charge < -0.3 is 15.5 Å². The Kier molecular flexibility index (Phi) is 7.38. The number of aryl methyl sites for hydroxylation is 1. The second kappa shape index (κ2) is 10.4. The Hall–Kier alpha value is -2.92. The summed E-state index contributed by atoms with van der Waals surface area (Å²) in [5, 5.41) is 6.80. The van der Waals surface area contributed by atoms with Gasteiger partial charge in [-0.2, -0.15) is 4.98 Å². The van der Waals surface area contributed by atoms with Crippen LogP contribution in [0.3, 0.4) is 0 Å². The van der Waals surface area contributed by atoms with Crippen molar-refractivity contribution in [2.75, 3.05) is 44.4 Å². The second-order valence-corrected chi connectivity index (χ2v) is 7.07. The van der Waals surface area contributed by atoms with E-state index in [4.69, 9.17) is 4.98 Å². The molecule has 0 radical (unpaired) electrons. The van der Waals surface area contributed by atoms with E-state index in [1.54, 1.807) is 0 Å². The Labute approximate surface area is 167 Å². The molecule has 3 rings (SSSR count). The second-order valence-electron chi connectivity index (χ2n) is 7.07. The number of anilines is 2. The Bertz CT molecular complexity index is 834. The molecule has 2 N–H and O–H groups in total. The van der Waals surface area contributed by atoms with Crippen molar-refractivity contribution in [2.24, 2.45) is 0 Å². The summed E-state index contributed by atoms with van der Waals surface area (Å²) in [5.74, 6) is 1.52. The summed E-state index contributed by atoms with van der Waals surface area (Å²) in [5.41, 5.74) is 3.37. The van der Waals surface area contributed by atoms with Crippen molar-refractivity contribution < 1.29 is 0 Å². The van der Waals surface area contributed by atoms with Gasteiger partial charge in [-0.15, -0.1) is 0 Å². The Morgan fingerprint density at radius 1 is 0.821 bits per heavy atom. The quantitative estimate of drug-likeness (QED) is 0.521. The molecule has 0 fully saturated rings. The topological polar surface area (TPSA) is 53.1 Å². The summed E-state index contributed by atoms with van der Waals surface area (Å²) in [6, 6.07) is 22.8. The van der Waals surface area contributed by atoms with E-state index < -0.39 is 0 Å². The summed E-state index contributed by atoms with van der Waals surface area (Å²) < 4.78 is 0. The third-order valence-corrected chi connectivity index (χ3v) is 4.43. The summed E-state index contributed by atoms with van der Waals surface area (Å²) >= 11 is 0. The third kappa shape index (κ3) is 6.35. The van der Waals surface area contributed by atoms with Crippen LogP contribution in [0.2, 0.25) is 0 Å². The van der Waals surface area contributed by atoms with Crippen molar-refractivity contribution in [3.63, 3.8) is 0 Å². The van der Waals surface area contributed by atoms with Crippen LogP contribution in [0.15, 0.2) is 66.7 Å². The maximum Gasteiger partial charge on any atom is 0.225 e. The van der Waals surface area contributed by atoms with Gasteiger partial charge in [0.1, 0.15) is 5.82 Å². The first-order chi connectivity index (χ1) is 13.7. The molecule has 0 saturated carbocycles. The maximum atomic E-state index is 4.72. The first-order valence-corrected chi connectivity index (χ1v) is 9.81. The Balaban J connectivity index is 1.66. The van der Waals surface area contributed by atoms with Crippen LogP contribution in [0.5, 0.6) is 0 Å². The number of nitrogens with one attached hydrogen (secondary N) is 2. The molecule has 0 aliphatic rings. The zero-order valence-corrected chi connectivity index (χ0v) is 16.7. The predicted octanol–water partition coefficient (Wildman–Crippen LogP) is 4.16. The first kappa shape index (κ1) is 19.8. The van der Waals surface area contributed by atoms with Crippen LogP contribution < -0.4 is 10.6 Å². The Morgan fingerprint density at radius 2 is 1.54 bits per heavy atom. The van der Waals surface area contributed by atoms with E-state index in [2.05, 4.69) is 77.1 Å². The van der Waals surface area contributed by atoms with E-state index in [-0.39, 0.29) is 0 Å². The summed E-state index contributed by atoms with van der Waals surface area (Å²) in [6.45, 7) is 2.63. The normalized spacial score (nSPS) is 10.8. The largest absolute Gasteiger partial charge is 0.369 e. The van der Waals surface area contributed by atoms with Gasteiger partial charge in [0.15, 0.2) is 0 Å². The molecule has 2 aromatic carbocycles. The van der Waals surface area contributed by atoms with Gasteiger partial charge in [-0.3, -0.25) is 0 Å². The molecule has 0 bridgehead atoms. The van der Waals surface area contributed by atoms with Gasteiger partial charge in [0.25, 0.3) is 0 Å². The molecule has 3 aromatic rings. The van der Waals surface area contributed by atoms with Crippen LogP contribution >= 0.6 is 0 Å². The van der Waals surface area contributed by atoms with Crippen LogP contribution in [0.1, 0.15) is 12.0 Å². The lowest BCUT2D eigenvalue weighted by molar-refractivity contribution is 0.425. The van der Waals surface area contributed by atoms with E-state index in [9.17, 15) is 0 Å². The zero-order chi connectivity index (χ0) is 19.6. The number of likely N-dealkylation sites (N-methyl/N-ethyl adjacent to an activating group) is 1. The van der Waals surface area contributed by atoms with Crippen LogP contribution in [-0.2, 0) is 6.42 Å². The van der Waals surface area contributed by atoms with Gasteiger partial charge in [0.2, 0.25) is 5.95 Å². The lowest BCUT2D eigenvalue weighted by Gasteiger charge is -2.13. The molecule has 5 heteroatoms. The number of benzene rings is 2. The molecule has 5 nitrogen and oxygen atoms in total. The zero-order valence-electron chi connectivity index (χ0n) is 16.7. The van der Waals surface area contributed by atoms with Crippen molar-refractivity contribution in [1.82, 2.24) is 14.9 Å². The number of aromatic nitrogens is 2. The van der Waals surface area contributed by atoms with E-state index in [0.717, 1.165) is 49.6 Å². The highest BCUT2D eigenvalue weighted by atomic mass is 15.2. The van der Waals surface area contributed by atoms with E-state index in [0.29, 0.717) is 5.95 Å². The molecule has 28 heavy (non-hydrogen) atoms. The minimum Gasteiger partial charge on any atom is -0.369 e. The van der Waals surface area contributed by atoms with E-state index in [1.165, 1.54) is 5.56 Å². The van der Waals surface area contributed by atoms with Crippen molar-refractivity contribution in [1.29, 1.82) is 0 Å². The molecular weight excluding hydrogens is 346 g/mol. The van der Waals surface area contributed by atoms with Crippen molar-refractivity contribution in [3.05, 3.63) is 72.3 Å². The standard InChI is InChI=1S/C23H29N5/c1-28(2)17-16-24-22-18-21(20-13-7-4-8-14-20)26-23(27-22)25-15-9-12-19-10-5-3-6-11-19/h3-8,10-11,13-14,18H,9,12,15-17H2,1-2H3,(H2,24,25,26,27). The van der Waals surface area contributed by atoms with Crippen molar-refractivity contribution >= 4 is 11.8 Å². The highest BCUT2D eigenvalue weighted by Crippen LogP contribution is 2.21. The van der Waals surface area contributed by atoms with E-state index >= 15 is 0 Å². The average molecular weight is 376 g/mol. The Morgan fingerprint density at radius 3 is 2.25 bits per heavy atom. The van der Waals surface area contributed by atoms with Crippen LogP contribution in [0.4, 0.5) is 11.8 Å². The van der Waals surface area contributed by atoms with Gasteiger partial charge in [-0.05, 0) is 32.5 Å². The highest BCUT2D eigenvalue weighted by Gasteiger charge is 2.07. The SMILES string of the molecule is CN(C)CCNc1cc(-c2ccccc2)nc(NCCCc2ccccc2)n1. The summed E-state index contributed by atoms with van der Waals surface area (Å²) in [7, 11) is 4.13. The van der Waals surface area contributed by atoms with Gasteiger partial charge in [-0.1, -0.05) is 60.7 Å². The average Bonchev–Trinajstić information content (AvgIpc) is 2.72. The van der Waals surface area contributed by atoms with Gasteiger partial charge >= 0.3 is 0 Å². The fourth-order valence-electron chi connectivity index (χ4n) is 2.92. The molecule has 0 atom stereocenters. The molecule has 146 valence electrons. The first-order valence-electron chi connectivity index (χ1n) is 9.81. The summed E-state index contributed by atoms with van der Waals surface area (Å²) in [4.78, 5) is 11.5. The molecule has 1 aromatic heterocycles. The van der Waals surface area contributed by atoms with E-state index in [1.807, 2.05) is 24.3 Å². The molecule has 1 heterocycles. The molecule has 0 unspecified atom stereocenters. The van der Waals surface area contributed by atoms with Gasteiger partial charge in [0.05, 0.1) is 5.69 Å². The van der Waals surface area contributed by atoms with Crippen LogP contribution in [-0.4, -0.2) is 48.6 Å². The monoisotopic (exact) mass is 375 g/mol. The highest BCUT2D eigenvalue weighted by molar-refractivity contribution is 5.64. The fourth-order valence-corrected chi connectivity index (χ4v) is 2.92. The number of rotatable bonds is 10. The fraction of sp³-hybridized carbons (Fsp3) is 0.304. The number of hydrogen-bond acceptors (Lipinski definition) is 5. The molecule has 0 spiro atoms. The summed E-state index contributed by atoms with van der Waals surface area (Å²) in [6.07, 6.45) is 2.08. The molecule has 0 saturated heterocycles. The van der Waals surface area contributed by atoms with Crippen LogP contribution in [0.25, 0.3) is 11.3 Å². The number of hydrogen-bond donors (Lipinski definition) is 2. The van der Waals surface area contributed by atoms with Gasteiger partial charge in [0, 0.05) is 31.3 Å². The molecule has 0 aliphatic heterocycles. The maximum absolute atomic E-state index is 4.72. The lowest BCUT2D eigenvalue weighted by Crippen LogP contribution is -2.21. The molecular formula is C23H29N5. The minimum atomic E-state index is 0.668. The molecule has 0 aliphatic carbocycles. The predicted molar refractivity (Wildman–Crippen MR) is 118 cm³/mol. The minimum absolute atomic E-state index is 0.668. The number of nitrogens with zero attached hydrogens (tertiary/aromatic N) is 3. The van der Waals surface area contributed by atoms with Crippen LogP contribution in [0, 0.1) is 0 Å². The van der Waals surface area contributed by atoms with Gasteiger partial charge in [-0.25, -0.2) is 4.98 Å². The third-order valence-electron chi connectivity index (χ3n) is 4.43. The lowest BCUT2D eigenvalue weighted by atomic mass is 10.1. The molecule has 0 amide bonds. The van der Waals surface area contributed by atoms with Crippen molar-refractivity contribution in [2.45, 2.75) is 12.8 Å². The van der Waals surface area contributed by atoms with Crippen molar-refractivity contribution in [3.8, 4) is 11.3 Å².